The van der Waals surface area contributed by atoms with Gasteiger partial charge in [0.15, 0.2) is 0 Å². The van der Waals surface area contributed by atoms with Crippen LogP contribution in [0.5, 0.6) is 0 Å². The zero-order chi connectivity index (χ0) is 21.9. The van der Waals surface area contributed by atoms with Gasteiger partial charge in [0.05, 0.1) is 12.1 Å². The summed E-state index contributed by atoms with van der Waals surface area (Å²) in [6.07, 6.45) is 3.22. The van der Waals surface area contributed by atoms with Gasteiger partial charge in [-0.15, -0.1) is 0 Å². The quantitative estimate of drug-likeness (QED) is 0.696. The maximum absolute atomic E-state index is 12.7. The molecule has 1 aromatic heterocycles. The van der Waals surface area contributed by atoms with E-state index in [2.05, 4.69) is 0 Å². The van der Waals surface area contributed by atoms with Crippen LogP contribution < -0.4 is 0 Å². The maximum Gasteiger partial charge on any atom is 0.419 e. The van der Waals surface area contributed by atoms with Crippen molar-refractivity contribution >= 4 is 28.9 Å². The average Bonchev–Trinajstić information content (AvgIpc) is 3.04. The summed E-state index contributed by atoms with van der Waals surface area (Å²) in [7, 11) is 0. The van der Waals surface area contributed by atoms with Crippen molar-refractivity contribution in [1.29, 1.82) is 0 Å². The molecular weight excluding hydrogens is 384 g/mol. The Labute approximate surface area is 176 Å². The second-order valence-electron chi connectivity index (χ2n) is 8.82. The molecule has 3 rings (SSSR count). The molecule has 0 spiro atoms. The SMILES string of the molecule is CC(=O)OC[C@@H]1CCC(=O)N(CCc2cn(C(=O)OC(C)(C)C)c3ccccc23)C1. The van der Waals surface area contributed by atoms with E-state index in [1.54, 1.807) is 0 Å². The van der Waals surface area contributed by atoms with Crippen LogP contribution in [0.2, 0.25) is 0 Å². The second kappa shape index (κ2) is 8.90. The molecule has 1 saturated heterocycles. The number of carbonyl (C=O) groups is 3. The zero-order valence-electron chi connectivity index (χ0n) is 18.1. The van der Waals surface area contributed by atoms with Crippen molar-refractivity contribution < 1.29 is 23.9 Å². The standard InChI is InChI=1S/C23H30N2O5/c1-16(26)29-15-17-9-10-21(27)24(13-17)12-11-18-14-25(22(28)30-23(2,3)4)20-8-6-5-7-19(18)20/h5-8,14,17H,9-13,15H2,1-4H3/t17-/m1/s1. The number of fused-ring (bicyclic) bond motifs is 1. The molecule has 0 unspecified atom stereocenters. The third-order valence-corrected chi connectivity index (χ3v) is 5.16. The molecular formula is C23H30N2O5. The van der Waals surface area contributed by atoms with Gasteiger partial charge in [0, 0.05) is 43.9 Å². The number of rotatable bonds is 5. The van der Waals surface area contributed by atoms with E-state index in [0.717, 1.165) is 22.9 Å². The number of hydrogen-bond acceptors (Lipinski definition) is 5. The third kappa shape index (κ3) is 5.40. The Morgan fingerprint density at radius 3 is 2.63 bits per heavy atom. The molecule has 0 bridgehead atoms. The number of aromatic nitrogens is 1. The van der Waals surface area contributed by atoms with Crippen LogP contribution in [0.4, 0.5) is 4.79 Å². The summed E-state index contributed by atoms with van der Waals surface area (Å²) in [4.78, 5) is 37.9. The van der Waals surface area contributed by atoms with Gasteiger partial charge >= 0.3 is 12.1 Å². The highest BCUT2D eigenvalue weighted by atomic mass is 16.6. The summed E-state index contributed by atoms with van der Waals surface area (Å²) in [6, 6.07) is 7.70. The summed E-state index contributed by atoms with van der Waals surface area (Å²) in [5.74, 6) is -0.0203. The Hall–Kier alpha value is -2.83. The van der Waals surface area contributed by atoms with Crippen molar-refractivity contribution in [2.45, 2.75) is 52.6 Å². The number of nitrogens with zero attached hydrogens (tertiary/aromatic N) is 2. The summed E-state index contributed by atoms with van der Waals surface area (Å²) in [6.45, 7) is 8.39. The van der Waals surface area contributed by atoms with E-state index in [1.165, 1.54) is 11.5 Å². The van der Waals surface area contributed by atoms with Crippen LogP contribution in [0.15, 0.2) is 30.5 Å². The molecule has 0 saturated carbocycles. The van der Waals surface area contributed by atoms with Crippen LogP contribution in [0.1, 0.15) is 46.1 Å². The van der Waals surface area contributed by atoms with Crippen LogP contribution >= 0.6 is 0 Å². The lowest BCUT2D eigenvalue weighted by Gasteiger charge is -2.32. The van der Waals surface area contributed by atoms with Gasteiger partial charge in [0.25, 0.3) is 0 Å². The summed E-state index contributed by atoms with van der Waals surface area (Å²) in [5.41, 5.74) is 1.20. The predicted octanol–water partition coefficient (Wildman–Crippen LogP) is 3.77. The van der Waals surface area contributed by atoms with Gasteiger partial charge in [0.2, 0.25) is 5.91 Å². The molecule has 1 amide bonds. The Balaban J connectivity index is 1.73. The lowest BCUT2D eigenvalue weighted by Crippen LogP contribution is -2.42. The van der Waals surface area contributed by atoms with Crippen LogP contribution in [-0.4, -0.2) is 52.7 Å². The molecule has 1 aliphatic heterocycles. The molecule has 0 aliphatic carbocycles. The number of amides is 1. The molecule has 1 fully saturated rings. The molecule has 1 aliphatic rings. The number of benzene rings is 1. The first-order valence-corrected chi connectivity index (χ1v) is 10.4. The zero-order valence-corrected chi connectivity index (χ0v) is 18.1. The van der Waals surface area contributed by atoms with E-state index in [4.69, 9.17) is 9.47 Å². The Bertz CT molecular complexity index is 941. The van der Waals surface area contributed by atoms with Gasteiger partial charge in [-0.25, -0.2) is 4.79 Å². The number of para-hydroxylation sites is 1. The van der Waals surface area contributed by atoms with Crippen LogP contribution in [0.3, 0.4) is 0 Å². The van der Waals surface area contributed by atoms with Gasteiger partial charge in [0.1, 0.15) is 5.60 Å². The highest BCUT2D eigenvalue weighted by Gasteiger charge is 2.27. The van der Waals surface area contributed by atoms with Crippen LogP contribution in [0, 0.1) is 5.92 Å². The van der Waals surface area contributed by atoms with E-state index < -0.39 is 11.7 Å². The summed E-state index contributed by atoms with van der Waals surface area (Å²) >= 11 is 0. The first-order valence-electron chi connectivity index (χ1n) is 10.4. The van der Waals surface area contributed by atoms with E-state index in [9.17, 15) is 14.4 Å². The topological polar surface area (TPSA) is 77.8 Å². The molecule has 0 radical (unpaired) electrons. The first-order chi connectivity index (χ1) is 14.1. The average molecular weight is 415 g/mol. The summed E-state index contributed by atoms with van der Waals surface area (Å²) in [5, 5.41) is 0.976. The number of likely N-dealkylation sites (tertiary alicyclic amines) is 1. The highest BCUT2D eigenvalue weighted by molar-refractivity contribution is 5.92. The number of piperidine rings is 1. The lowest BCUT2D eigenvalue weighted by atomic mass is 9.98. The normalized spacial score (nSPS) is 17.3. The smallest absolute Gasteiger partial charge is 0.419 e. The fourth-order valence-corrected chi connectivity index (χ4v) is 3.74. The largest absolute Gasteiger partial charge is 0.466 e. The maximum atomic E-state index is 12.7. The molecule has 0 N–H and O–H groups in total. The van der Waals surface area contributed by atoms with Crippen molar-refractivity contribution in [2.24, 2.45) is 5.92 Å². The summed E-state index contributed by atoms with van der Waals surface area (Å²) < 4.78 is 12.2. The molecule has 7 nitrogen and oxygen atoms in total. The molecule has 1 atom stereocenters. The Morgan fingerprint density at radius 2 is 1.93 bits per heavy atom. The lowest BCUT2D eigenvalue weighted by molar-refractivity contribution is -0.144. The molecule has 2 heterocycles. The second-order valence-corrected chi connectivity index (χ2v) is 8.82. The monoisotopic (exact) mass is 414 g/mol. The van der Waals surface area contributed by atoms with Crippen molar-refractivity contribution in [2.75, 3.05) is 19.7 Å². The molecule has 162 valence electrons. The van der Waals surface area contributed by atoms with Gasteiger partial charge in [-0.3, -0.25) is 14.2 Å². The number of esters is 1. The van der Waals surface area contributed by atoms with Gasteiger partial charge < -0.3 is 14.4 Å². The minimum atomic E-state index is -0.584. The van der Waals surface area contributed by atoms with E-state index in [-0.39, 0.29) is 17.8 Å². The molecule has 30 heavy (non-hydrogen) atoms. The van der Waals surface area contributed by atoms with E-state index >= 15 is 0 Å². The molecule has 1 aromatic carbocycles. The Kier molecular flexibility index (Phi) is 6.48. The van der Waals surface area contributed by atoms with Crippen molar-refractivity contribution in [1.82, 2.24) is 9.47 Å². The minimum Gasteiger partial charge on any atom is -0.466 e. The van der Waals surface area contributed by atoms with Crippen LogP contribution in [0.25, 0.3) is 10.9 Å². The van der Waals surface area contributed by atoms with Crippen molar-refractivity contribution in [3.8, 4) is 0 Å². The van der Waals surface area contributed by atoms with Gasteiger partial charge in [-0.2, -0.15) is 0 Å². The number of carbonyl (C=O) groups excluding carboxylic acids is 3. The van der Waals surface area contributed by atoms with Crippen LogP contribution in [-0.2, 0) is 25.5 Å². The number of ether oxygens (including phenoxy) is 2. The molecule has 7 heteroatoms. The van der Waals surface area contributed by atoms with Gasteiger partial charge in [-0.05, 0) is 45.2 Å². The Morgan fingerprint density at radius 1 is 1.20 bits per heavy atom. The van der Waals surface area contributed by atoms with E-state index in [0.29, 0.717) is 32.5 Å². The van der Waals surface area contributed by atoms with Gasteiger partial charge in [-0.1, -0.05) is 18.2 Å². The fraction of sp³-hybridized carbons (Fsp3) is 0.522. The first kappa shape index (κ1) is 21.9. The van der Waals surface area contributed by atoms with Crippen molar-refractivity contribution in [3.05, 3.63) is 36.0 Å². The fourth-order valence-electron chi connectivity index (χ4n) is 3.74. The van der Waals surface area contributed by atoms with Crippen molar-refractivity contribution in [3.63, 3.8) is 0 Å². The highest BCUT2D eigenvalue weighted by Crippen LogP contribution is 2.25. The molecule has 2 aromatic rings. The van der Waals surface area contributed by atoms with E-state index in [1.807, 2.05) is 56.1 Å². The number of hydrogen-bond donors (Lipinski definition) is 0. The third-order valence-electron chi connectivity index (χ3n) is 5.16. The minimum absolute atomic E-state index is 0.116. The predicted molar refractivity (Wildman–Crippen MR) is 113 cm³/mol.